The molecule has 2 aromatic rings. The van der Waals surface area contributed by atoms with Crippen LogP contribution in [-0.4, -0.2) is 72.1 Å². The standard InChI is InChI=1S/C32H52BN3O5Si/c1-20(2)42(21(3)4,22(5)6)36-16-14-24-28(27(39-12)18-34-29(24)36)25(17-33-40-31(8,9)32(10,11)41-33)26-19-35(30(37)38)15-13-23(26)7/h14,16-18,20-23,26H,13,15,19H2,1-12H3,(H,37,38)/b25-17-. The lowest BCUT2D eigenvalue weighted by Gasteiger charge is -2.44. The number of hydrogen-bond acceptors (Lipinski definition) is 5. The fourth-order valence-electron chi connectivity index (χ4n) is 7.81. The average molecular weight is 598 g/mol. The number of pyridine rings is 1. The van der Waals surface area contributed by atoms with Crippen molar-refractivity contribution in [3.05, 3.63) is 30.0 Å². The molecule has 2 unspecified atom stereocenters. The summed E-state index contributed by atoms with van der Waals surface area (Å²) in [7, 11) is -0.997. The summed E-state index contributed by atoms with van der Waals surface area (Å²) in [6, 6.07) is 2.19. The topological polar surface area (TPSA) is 86.1 Å². The van der Waals surface area contributed by atoms with Crippen molar-refractivity contribution in [1.29, 1.82) is 0 Å². The molecule has 2 aliphatic rings. The van der Waals surface area contributed by atoms with Gasteiger partial charge in [0.25, 0.3) is 0 Å². The number of nitrogens with zero attached hydrogens (tertiary/aromatic N) is 3. The number of piperidine rings is 1. The number of methoxy groups -OCH3 is 1. The van der Waals surface area contributed by atoms with E-state index in [-0.39, 0.29) is 11.8 Å². The predicted molar refractivity (Wildman–Crippen MR) is 174 cm³/mol. The fraction of sp³-hybridized carbons (Fsp3) is 0.688. The Labute approximate surface area is 254 Å². The SMILES string of the molecule is COc1cnc2c(ccn2[Si](C(C)C)(C(C)C)C(C)C)c1/C(=C\B1OC(C)(C)C(C)(C)O1)C1CN(C(=O)O)CCC1C. The van der Waals surface area contributed by atoms with E-state index in [0.717, 1.165) is 28.6 Å². The van der Waals surface area contributed by atoms with E-state index in [1.54, 1.807) is 7.11 Å². The Kier molecular flexibility index (Phi) is 9.05. The molecule has 42 heavy (non-hydrogen) atoms. The number of aromatic nitrogens is 2. The molecule has 10 heteroatoms. The molecule has 2 fully saturated rings. The van der Waals surface area contributed by atoms with Crippen molar-refractivity contribution in [3.8, 4) is 5.75 Å². The first kappa shape index (κ1) is 32.6. The molecule has 1 N–H and O–H groups in total. The molecule has 2 aromatic heterocycles. The van der Waals surface area contributed by atoms with Gasteiger partial charge in [0, 0.05) is 30.0 Å². The van der Waals surface area contributed by atoms with Gasteiger partial charge in [0.05, 0.1) is 24.5 Å². The van der Waals surface area contributed by atoms with E-state index in [1.165, 1.54) is 4.90 Å². The van der Waals surface area contributed by atoms with Crippen LogP contribution in [0.4, 0.5) is 4.79 Å². The van der Waals surface area contributed by atoms with Crippen molar-refractivity contribution in [3.63, 3.8) is 0 Å². The summed E-state index contributed by atoms with van der Waals surface area (Å²) in [5.41, 5.74) is 3.43. The van der Waals surface area contributed by atoms with Gasteiger partial charge in [0.2, 0.25) is 0 Å². The van der Waals surface area contributed by atoms with Crippen LogP contribution in [0.2, 0.25) is 16.6 Å². The minimum atomic E-state index is -2.10. The molecule has 0 saturated carbocycles. The number of amides is 1. The number of carbonyl (C=O) groups is 1. The highest BCUT2D eigenvalue weighted by Gasteiger charge is 2.51. The van der Waals surface area contributed by atoms with Crippen LogP contribution in [0.1, 0.15) is 88.1 Å². The maximum Gasteiger partial charge on any atom is 0.487 e. The monoisotopic (exact) mass is 597 g/mol. The summed E-state index contributed by atoms with van der Waals surface area (Å²) in [6.45, 7) is 25.5. The van der Waals surface area contributed by atoms with Crippen LogP contribution in [0.15, 0.2) is 24.4 Å². The Morgan fingerprint density at radius 3 is 2.19 bits per heavy atom. The van der Waals surface area contributed by atoms with Crippen LogP contribution in [0.5, 0.6) is 5.75 Å². The Balaban J connectivity index is 2.01. The van der Waals surface area contributed by atoms with Gasteiger partial charge in [0.1, 0.15) is 11.4 Å². The van der Waals surface area contributed by atoms with Gasteiger partial charge >= 0.3 is 13.2 Å². The number of hydrogen-bond donors (Lipinski definition) is 1. The van der Waals surface area contributed by atoms with Crippen molar-refractivity contribution in [2.75, 3.05) is 20.2 Å². The molecular formula is C32H52BN3O5Si. The first-order valence-electron chi connectivity index (χ1n) is 15.6. The average Bonchev–Trinajstić information content (AvgIpc) is 3.39. The first-order chi connectivity index (χ1) is 19.5. The van der Waals surface area contributed by atoms with Gasteiger partial charge < -0.3 is 28.3 Å². The highest BCUT2D eigenvalue weighted by Crippen LogP contribution is 2.47. The molecule has 0 aromatic carbocycles. The van der Waals surface area contributed by atoms with E-state index < -0.39 is 32.6 Å². The van der Waals surface area contributed by atoms with Gasteiger partial charge in [-0.2, -0.15) is 0 Å². The third-order valence-corrected chi connectivity index (χ3v) is 17.3. The summed E-state index contributed by atoms with van der Waals surface area (Å²) < 4.78 is 21.5. The molecule has 0 radical (unpaired) electrons. The molecule has 2 saturated heterocycles. The van der Waals surface area contributed by atoms with Crippen LogP contribution in [0.3, 0.4) is 0 Å². The molecule has 2 atom stereocenters. The Hall–Kier alpha value is -2.30. The van der Waals surface area contributed by atoms with Gasteiger partial charge in [0.15, 0.2) is 8.24 Å². The number of ether oxygens (including phenoxy) is 1. The fourth-order valence-corrected chi connectivity index (χ4v) is 14.4. The predicted octanol–water partition coefficient (Wildman–Crippen LogP) is 7.72. The van der Waals surface area contributed by atoms with Crippen LogP contribution in [0, 0.1) is 11.8 Å². The number of carboxylic acid groups (broad SMARTS) is 1. The largest absolute Gasteiger partial charge is 0.494 e. The van der Waals surface area contributed by atoms with E-state index in [4.69, 9.17) is 19.0 Å². The highest BCUT2D eigenvalue weighted by molar-refractivity contribution is 6.82. The van der Waals surface area contributed by atoms with Crippen LogP contribution in [-0.2, 0) is 9.31 Å². The van der Waals surface area contributed by atoms with Gasteiger partial charge in [-0.1, -0.05) is 48.5 Å². The minimum Gasteiger partial charge on any atom is -0.494 e. The number of fused-ring (bicyclic) bond motifs is 1. The molecule has 1 amide bonds. The van der Waals surface area contributed by atoms with Crippen molar-refractivity contribution < 1.29 is 23.9 Å². The lowest BCUT2D eigenvalue weighted by atomic mass is 9.73. The van der Waals surface area contributed by atoms with Gasteiger partial charge in [-0.05, 0) is 80.5 Å². The maximum atomic E-state index is 12.1. The van der Waals surface area contributed by atoms with Crippen molar-refractivity contribution in [1.82, 2.24) is 14.1 Å². The third kappa shape index (κ3) is 5.32. The zero-order valence-electron chi connectivity index (χ0n) is 27.8. The molecule has 0 spiro atoms. The molecule has 8 nitrogen and oxygen atoms in total. The molecule has 4 rings (SSSR count). The Bertz CT molecular complexity index is 1300. The molecule has 4 heterocycles. The van der Waals surface area contributed by atoms with Crippen molar-refractivity contribution in [2.45, 2.75) is 110 Å². The second kappa shape index (κ2) is 11.7. The lowest BCUT2D eigenvalue weighted by Crippen LogP contribution is -2.51. The van der Waals surface area contributed by atoms with Crippen molar-refractivity contribution >= 4 is 38.1 Å². The number of rotatable bonds is 8. The van der Waals surface area contributed by atoms with E-state index in [1.807, 2.05) is 6.20 Å². The molecule has 2 aliphatic heterocycles. The number of likely N-dealkylation sites (tertiary alicyclic amines) is 1. The Morgan fingerprint density at radius 1 is 1.12 bits per heavy atom. The molecule has 232 valence electrons. The zero-order chi connectivity index (χ0) is 31.4. The first-order valence-corrected chi connectivity index (χ1v) is 17.8. The summed E-state index contributed by atoms with van der Waals surface area (Å²) in [6.07, 6.45) is 3.97. The van der Waals surface area contributed by atoms with E-state index in [9.17, 15) is 9.90 Å². The van der Waals surface area contributed by atoms with Crippen LogP contribution in [0.25, 0.3) is 16.6 Å². The zero-order valence-corrected chi connectivity index (χ0v) is 28.8. The quantitative estimate of drug-likeness (QED) is 0.314. The summed E-state index contributed by atoms with van der Waals surface area (Å²) >= 11 is 0. The van der Waals surface area contributed by atoms with Crippen molar-refractivity contribution in [2.24, 2.45) is 11.8 Å². The van der Waals surface area contributed by atoms with E-state index >= 15 is 0 Å². The lowest BCUT2D eigenvalue weighted by molar-refractivity contribution is 0.00578. The highest BCUT2D eigenvalue weighted by atomic mass is 28.3. The minimum absolute atomic E-state index is 0.0703. The van der Waals surface area contributed by atoms with E-state index in [0.29, 0.717) is 35.5 Å². The Morgan fingerprint density at radius 2 is 1.69 bits per heavy atom. The maximum absolute atomic E-state index is 12.1. The third-order valence-electron chi connectivity index (χ3n) is 10.6. The second-order valence-corrected chi connectivity index (χ2v) is 20.0. The molecule has 0 bridgehead atoms. The van der Waals surface area contributed by atoms with E-state index in [2.05, 4.69) is 98.6 Å². The summed E-state index contributed by atoms with van der Waals surface area (Å²) in [4.78, 5) is 18.7. The summed E-state index contributed by atoms with van der Waals surface area (Å²) in [5, 5.41) is 11.0. The molecular weight excluding hydrogens is 545 g/mol. The van der Waals surface area contributed by atoms with Gasteiger partial charge in [-0.15, -0.1) is 0 Å². The van der Waals surface area contributed by atoms with Crippen LogP contribution < -0.4 is 4.74 Å². The summed E-state index contributed by atoms with van der Waals surface area (Å²) in [5.74, 6) is 2.93. The van der Waals surface area contributed by atoms with Crippen LogP contribution >= 0.6 is 0 Å². The van der Waals surface area contributed by atoms with Gasteiger partial charge in [-0.3, -0.25) is 0 Å². The smallest absolute Gasteiger partial charge is 0.487 e. The second-order valence-electron chi connectivity index (χ2n) is 14.3. The molecule has 0 aliphatic carbocycles. The normalized spacial score (nSPS) is 23.1. The van der Waals surface area contributed by atoms with Gasteiger partial charge in [-0.25, -0.2) is 9.78 Å².